The summed E-state index contributed by atoms with van der Waals surface area (Å²) in [6.07, 6.45) is 5.39. The van der Waals surface area contributed by atoms with Gasteiger partial charge < -0.3 is 5.11 Å². The molecule has 0 spiro atoms. The second kappa shape index (κ2) is 6.31. The second-order valence-corrected chi connectivity index (χ2v) is 6.05. The summed E-state index contributed by atoms with van der Waals surface area (Å²) in [6.45, 7) is 0. The van der Waals surface area contributed by atoms with Crippen LogP contribution in [0.4, 0.5) is 0 Å². The molecule has 1 heterocycles. The molecule has 1 aliphatic carbocycles. The summed E-state index contributed by atoms with van der Waals surface area (Å²) in [5.74, 6) is -0.247. The molecular weight excluding hydrogens is 348 g/mol. The van der Waals surface area contributed by atoms with Gasteiger partial charge >= 0.3 is 0 Å². The summed E-state index contributed by atoms with van der Waals surface area (Å²) in [5.41, 5.74) is 5.41. The Morgan fingerprint density at radius 1 is 1.41 bits per heavy atom. The van der Waals surface area contributed by atoms with E-state index < -0.39 is 0 Å². The van der Waals surface area contributed by atoms with E-state index in [0.717, 1.165) is 41.4 Å². The number of amides is 1. The molecule has 0 fully saturated rings. The van der Waals surface area contributed by atoms with Crippen LogP contribution in [-0.2, 0) is 12.8 Å². The number of hydrogen-bond acceptors (Lipinski definition) is 4. The quantitative estimate of drug-likeness (QED) is 0.578. The number of aromatic nitrogens is 2. The van der Waals surface area contributed by atoms with Crippen molar-refractivity contribution >= 4 is 28.1 Å². The number of phenols is 1. The minimum atomic E-state index is -0.342. The number of aryl methyl sites for hydroxylation is 1. The number of carbonyl (C=O) groups excluding carboxylic acids is 1. The summed E-state index contributed by atoms with van der Waals surface area (Å²) >= 11 is 3.32. The molecule has 0 atom stereocenters. The van der Waals surface area contributed by atoms with Crippen LogP contribution < -0.4 is 5.43 Å². The fourth-order valence-electron chi connectivity index (χ4n) is 2.51. The molecule has 1 aliphatic rings. The normalized spacial score (nSPS) is 14.0. The van der Waals surface area contributed by atoms with E-state index in [1.807, 2.05) is 0 Å². The van der Waals surface area contributed by atoms with Gasteiger partial charge in [0.15, 0.2) is 5.69 Å². The maximum atomic E-state index is 12.1. The van der Waals surface area contributed by atoms with Gasteiger partial charge in [-0.05, 0) is 43.9 Å². The lowest BCUT2D eigenvalue weighted by Gasteiger charge is -2.10. The Morgan fingerprint density at radius 3 is 3.09 bits per heavy atom. The third kappa shape index (κ3) is 3.04. The molecule has 2 aromatic rings. The summed E-state index contributed by atoms with van der Waals surface area (Å²) in [7, 11) is 0. The highest BCUT2D eigenvalue weighted by Crippen LogP contribution is 2.22. The van der Waals surface area contributed by atoms with Gasteiger partial charge in [-0.1, -0.05) is 15.9 Å². The van der Waals surface area contributed by atoms with E-state index in [-0.39, 0.29) is 11.7 Å². The van der Waals surface area contributed by atoms with Crippen LogP contribution in [-0.4, -0.2) is 27.4 Å². The van der Waals surface area contributed by atoms with Crippen LogP contribution in [0, 0.1) is 0 Å². The number of aromatic hydroxyl groups is 1. The summed E-state index contributed by atoms with van der Waals surface area (Å²) in [4.78, 5) is 12.1. The number of rotatable bonds is 3. The van der Waals surface area contributed by atoms with Crippen LogP contribution in [0.5, 0.6) is 5.75 Å². The third-order valence-electron chi connectivity index (χ3n) is 3.63. The van der Waals surface area contributed by atoms with Gasteiger partial charge in [-0.2, -0.15) is 10.2 Å². The van der Waals surface area contributed by atoms with E-state index in [4.69, 9.17) is 0 Å². The minimum absolute atomic E-state index is 0.0957. The van der Waals surface area contributed by atoms with Gasteiger partial charge in [0, 0.05) is 21.3 Å². The highest BCUT2D eigenvalue weighted by Gasteiger charge is 2.21. The first kappa shape index (κ1) is 14.8. The molecule has 1 amide bonds. The fraction of sp³-hybridized carbons (Fsp3) is 0.267. The van der Waals surface area contributed by atoms with Crippen molar-refractivity contribution < 1.29 is 9.90 Å². The van der Waals surface area contributed by atoms with Gasteiger partial charge in [-0.3, -0.25) is 9.89 Å². The number of carbonyl (C=O) groups is 1. The Labute approximate surface area is 135 Å². The van der Waals surface area contributed by atoms with Gasteiger partial charge in [0.05, 0.1) is 6.21 Å². The standard InChI is InChI=1S/C15H15BrN4O2/c16-10-5-6-13(21)9(7-10)8-17-20-15(22)14-11-3-1-2-4-12(11)18-19-14/h5-8,21H,1-4H2,(H,18,19)(H,20,22). The van der Waals surface area contributed by atoms with Crippen LogP contribution in [0.2, 0.25) is 0 Å². The van der Waals surface area contributed by atoms with E-state index in [9.17, 15) is 9.90 Å². The van der Waals surface area contributed by atoms with Crippen LogP contribution in [0.1, 0.15) is 40.2 Å². The predicted octanol–water partition coefficient (Wildman–Crippen LogP) is 2.52. The number of phenolic OH excluding ortho intramolecular Hbond substituents is 1. The van der Waals surface area contributed by atoms with E-state index in [1.165, 1.54) is 6.21 Å². The van der Waals surface area contributed by atoms with Gasteiger partial charge in [-0.25, -0.2) is 5.43 Å². The summed E-state index contributed by atoms with van der Waals surface area (Å²) in [5, 5.41) is 20.6. The Kier molecular flexibility index (Phi) is 4.24. The molecule has 6 nitrogen and oxygen atoms in total. The number of H-pyrrole nitrogens is 1. The molecule has 0 bridgehead atoms. The first-order chi connectivity index (χ1) is 10.6. The number of benzene rings is 1. The lowest BCUT2D eigenvalue weighted by molar-refractivity contribution is 0.0949. The topological polar surface area (TPSA) is 90.4 Å². The molecule has 7 heteroatoms. The number of nitrogens with one attached hydrogen (secondary N) is 2. The minimum Gasteiger partial charge on any atom is -0.507 e. The van der Waals surface area contributed by atoms with Crippen molar-refractivity contribution in [3.63, 3.8) is 0 Å². The van der Waals surface area contributed by atoms with Crippen molar-refractivity contribution in [2.75, 3.05) is 0 Å². The average molecular weight is 363 g/mol. The van der Waals surface area contributed by atoms with Crippen LogP contribution in [0.15, 0.2) is 27.8 Å². The van der Waals surface area contributed by atoms with Crippen molar-refractivity contribution in [2.45, 2.75) is 25.7 Å². The van der Waals surface area contributed by atoms with Gasteiger partial charge in [0.25, 0.3) is 5.91 Å². The van der Waals surface area contributed by atoms with Crippen molar-refractivity contribution in [3.8, 4) is 5.75 Å². The fourth-order valence-corrected chi connectivity index (χ4v) is 2.89. The average Bonchev–Trinajstić information content (AvgIpc) is 2.94. The largest absolute Gasteiger partial charge is 0.507 e. The van der Waals surface area contributed by atoms with Crippen molar-refractivity contribution in [2.24, 2.45) is 5.10 Å². The highest BCUT2D eigenvalue weighted by molar-refractivity contribution is 9.10. The Bertz CT molecular complexity index is 739. The Morgan fingerprint density at radius 2 is 2.23 bits per heavy atom. The first-order valence-electron chi connectivity index (χ1n) is 7.03. The van der Waals surface area contributed by atoms with Crippen LogP contribution >= 0.6 is 15.9 Å². The Balaban J connectivity index is 1.71. The number of aromatic amines is 1. The van der Waals surface area contributed by atoms with E-state index in [2.05, 4.69) is 36.7 Å². The monoisotopic (exact) mass is 362 g/mol. The molecule has 0 unspecified atom stereocenters. The molecule has 1 aromatic heterocycles. The molecule has 0 saturated carbocycles. The number of halogens is 1. The smallest absolute Gasteiger partial charge is 0.292 e. The zero-order valence-corrected chi connectivity index (χ0v) is 13.4. The van der Waals surface area contributed by atoms with Gasteiger partial charge in [0.1, 0.15) is 5.75 Å². The van der Waals surface area contributed by atoms with Gasteiger partial charge in [-0.15, -0.1) is 0 Å². The highest BCUT2D eigenvalue weighted by atomic mass is 79.9. The number of fused-ring (bicyclic) bond motifs is 1. The maximum Gasteiger partial charge on any atom is 0.292 e. The lowest BCUT2D eigenvalue weighted by atomic mass is 9.96. The number of hydrogen-bond donors (Lipinski definition) is 3. The van der Waals surface area contributed by atoms with Crippen molar-refractivity contribution in [1.82, 2.24) is 15.6 Å². The van der Waals surface area contributed by atoms with E-state index in [0.29, 0.717) is 11.3 Å². The zero-order valence-electron chi connectivity index (χ0n) is 11.8. The second-order valence-electron chi connectivity index (χ2n) is 5.14. The van der Waals surface area contributed by atoms with E-state index in [1.54, 1.807) is 18.2 Å². The third-order valence-corrected chi connectivity index (χ3v) is 4.12. The molecular formula is C15H15BrN4O2. The van der Waals surface area contributed by atoms with Gasteiger partial charge in [0.2, 0.25) is 0 Å². The molecule has 0 saturated heterocycles. The molecule has 0 aliphatic heterocycles. The van der Waals surface area contributed by atoms with Crippen LogP contribution in [0.3, 0.4) is 0 Å². The van der Waals surface area contributed by atoms with Crippen molar-refractivity contribution in [1.29, 1.82) is 0 Å². The summed E-state index contributed by atoms with van der Waals surface area (Å²) in [6, 6.07) is 4.99. The lowest BCUT2D eigenvalue weighted by Crippen LogP contribution is -2.20. The molecule has 3 rings (SSSR count). The zero-order chi connectivity index (χ0) is 15.5. The molecule has 3 N–H and O–H groups in total. The Hall–Kier alpha value is -2.15. The maximum absolute atomic E-state index is 12.1. The molecule has 22 heavy (non-hydrogen) atoms. The SMILES string of the molecule is O=C(NN=Cc1cc(Br)ccc1O)c1n[nH]c2c1CCCC2. The number of hydrazone groups is 1. The molecule has 114 valence electrons. The summed E-state index contributed by atoms with van der Waals surface area (Å²) < 4.78 is 0.819. The molecule has 1 aromatic carbocycles. The predicted molar refractivity (Wildman–Crippen MR) is 86.1 cm³/mol. The van der Waals surface area contributed by atoms with E-state index >= 15 is 0 Å². The number of nitrogens with zero attached hydrogens (tertiary/aromatic N) is 2. The molecule has 0 radical (unpaired) electrons. The first-order valence-corrected chi connectivity index (χ1v) is 7.82. The van der Waals surface area contributed by atoms with Crippen molar-refractivity contribution in [3.05, 3.63) is 45.2 Å². The van der Waals surface area contributed by atoms with Crippen LogP contribution in [0.25, 0.3) is 0 Å².